The third-order valence-corrected chi connectivity index (χ3v) is 2.30. The molecule has 0 aromatic carbocycles. The fraction of sp³-hybridized carbons (Fsp3) is 0.545. The van der Waals surface area contributed by atoms with Crippen molar-refractivity contribution in [2.75, 3.05) is 19.0 Å². The molecule has 1 rings (SSSR count). The molecule has 78 valence electrons. The van der Waals surface area contributed by atoms with Gasteiger partial charge in [-0.05, 0) is 18.1 Å². The summed E-state index contributed by atoms with van der Waals surface area (Å²) in [5.41, 5.74) is 0. The molecule has 14 heavy (non-hydrogen) atoms. The van der Waals surface area contributed by atoms with Gasteiger partial charge in [0.05, 0.1) is 13.3 Å². The number of anilines is 1. The third kappa shape index (κ3) is 3.24. The maximum Gasteiger partial charge on any atom is 0.137 e. The molecular formula is C11H18N2O. The van der Waals surface area contributed by atoms with Crippen molar-refractivity contribution in [1.29, 1.82) is 0 Å². The molecule has 0 aliphatic carbocycles. The second-order valence-electron chi connectivity index (χ2n) is 3.48. The predicted molar refractivity (Wildman–Crippen MR) is 58.7 cm³/mol. The Morgan fingerprint density at radius 1 is 1.50 bits per heavy atom. The average molecular weight is 194 g/mol. The Bertz CT molecular complexity index is 258. The van der Waals surface area contributed by atoms with E-state index in [9.17, 15) is 0 Å². The standard InChI is InChI=1S/C11H18N2O/c1-4-9(2)7-12-11-6-5-10(14-3)8-13-11/h5-6,8-9H,4,7H2,1-3H3,(H,12,13). The molecular weight excluding hydrogens is 176 g/mol. The van der Waals surface area contributed by atoms with Crippen LogP contribution >= 0.6 is 0 Å². The van der Waals surface area contributed by atoms with Crippen LogP contribution in [0.25, 0.3) is 0 Å². The van der Waals surface area contributed by atoms with E-state index in [1.807, 2.05) is 12.1 Å². The summed E-state index contributed by atoms with van der Waals surface area (Å²) in [5.74, 6) is 2.38. The Morgan fingerprint density at radius 2 is 2.29 bits per heavy atom. The van der Waals surface area contributed by atoms with Crippen LogP contribution in [0.1, 0.15) is 20.3 Å². The van der Waals surface area contributed by atoms with Gasteiger partial charge in [0.15, 0.2) is 0 Å². The summed E-state index contributed by atoms with van der Waals surface area (Å²) in [6, 6.07) is 3.84. The average Bonchev–Trinajstić information content (AvgIpc) is 2.26. The lowest BCUT2D eigenvalue weighted by Crippen LogP contribution is -2.10. The number of nitrogens with one attached hydrogen (secondary N) is 1. The first-order chi connectivity index (χ1) is 6.76. The predicted octanol–water partition coefficient (Wildman–Crippen LogP) is 2.55. The van der Waals surface area contributed by atoms with E-state index in [2.05, 4.69) is 24.1 Å². The fourth-order valence-corrected chi connectivity index (χ4v) is 1.03. The van der Waals surface area contributed by atoms with Gasteiger partial charge >= 0.3 is 0 Å². The van der Waals surface area contributed by atoms with Crippen molar-refractivity contribution in [2.24, 2.45) is 5.92 Å². The topological polar surface area (TPSA) is 34.1 Å². The van der Waals surface area contributed by atoms with E-state index < -0.39 is 0 Å². The molecule has 0 radical (unpaired) electrons. The first-order valence-electron chi connectivity index (χ1n) is 5.00. The van der Waals surface area contributed by atoms with Gasteiger partial charge in [0.1, 0.15) is 11.6 Å². The quantitative estimate of drug-likeness (QED) is 0.782. The van der Waals surface area contributed by atoms with Crippen molar-refractivity contribution in [3.63, 3.8) is 0 Å². The lowest BCUT2D eigenvalue weighted by Gasteiger charge is -2.10. The summed E-state index contributed by atoms with van der Waals surface area (Å²) in [7, 11) is 1.64. The lowest BCUT2D eigenvalue weighted by atomic mass is 10.1. The van der Waals surface area contributed by atoms with Crippen LogP contribution in [0.3, 0.4) is 0 Å². The van der Waals surface area contributed by atoms with E-state index in [0.717, 1.165) is 18.1 Å². The highest BCUT2D eigenvalue weighted by molar-refractivity contribution is 5.37. The monoisotopic (exact) mass is 194 g/mol. The highest BCUT2D eigenvalue weighted by atomic mass is 16.5. The summed E-state index contributed by atoms with van der Waals surface area (Å²) in [4.78, 5) is 4.22. The number of hydrogen-bond donors (Lipinski definition) is 1. The van der Waals surface area contributed by atoms with Crippen LogP contribution in [-0.4, -0.2) is 18.6 Å². The molecule has 1 unspecified atom stereocenters. The smallest absolute Gasteiger partial charge is 0.137 e. The molecule has 1 heterocycles. The van der Waals surface area contributed by atoms with Crippen LogP contribution < -0.4 is 10.1 Å². The van der Waals surface area contributed by atoms with Gasteiger partial charge in [-0.3, -0.25) is 0 Å². The number of nitrogens with zero attached hydrogens (tertiary/aromatic N) is 1. The molecule has 0 amide bonds. The van der Waals surface area contributed by atoms with Crippen molar-refractivity contribution in [2.45, 2.75) is 20.3 Å². The molecule has 1 aromatic rings. The molecule has 0 spiro atoms. The number of methoxy groups -OCH3 is 1. The van der Waals surface area contributed by atoms with Crippen molar-refractivity contribution in [1.82, 2.24) is 4.98 Å². The zero-order valence-electron chi connectivity index (χ0n) is 9.08. The summed E-state index contributed by atoms with van der Waals surface area (Å²) >= 11 is 0. The Morgan fingerprint density at radius 3 is 2.79 bits per heavy atom. The number of hydrogen-bond acceptors (Lipinski definition) is 3. The van der Waals surface area contributed by atoms with Crippen molar-refractivity contribution >= 4 is 5.82 Å². The van der Waals surface area contributed by atoms with Crippen LogP contribution in [0.15, 0.2) is 18.3 Å². The van der Waals surface area contributed by atoms with Gasteiger partial charge in [0, 0.05) is 6.54 Å². The van der Waals surface area contributed by atoms with Gasteiger partial charge in [0.25, 0.3) is 0 Å². The van der Waals surface area contributed by atoms with E-state index in [1.165, 1.54) is 6.42 Å². The SMILES string of the molecule is CCC(C)CNc1ccc(OC)cn1. The van der Waals surface area contributed by atoms with Crippen LogP contribution in [0.5, 0.6) is 5.75 Å². The maximum absolute atomic E-state index is 5.03. The molecule has 1 atom stereocenters. The summed E-state index contributed by atoms with van der Waals surface area (Å²) in [5, 5.41) is 3.28. The molecule has 0 aliphatic heterocycles. The zero-order valence-corrected chi connectivity index (χ0v) is 9.08. The molecule has 3 heteroatoms. The molecule has 0 aliphatic rings. The minimum atomic E-state index is 0.680. The van der Waals surface area contributed by atoms with Crippen molar-refractivity contribution in [3.05, 3.63) is 18.3 Å². The minimum absolute atomic E-state index is 0.680. The number of pyridine rings is 1. The highest BCUT2D eigenvalue weighted by Gasteiger charge is 1.99. The molecule has 0 fully saturated rings. The largest absolute Gasteiger partial charge is 0.495 e. The van der Waals surface area contributed by atoms with Crippen LogP contribution in [0.2, 0.25) is 0 Å². The van der Waals surface area contributed by atoms with Gasteiger partial charge in [-0.1, -0.05) is 20.3 Å². The second-order valence-corrected chi connectivity index (χ2v) is 3.48. The summed E-state index contributed by atoms with van der Waals surface area (Å²) in [6.45, 7) is 5.38. The molecule has 0 saturated carbocycles. The van der Waals surface area contributed by atoms with Gasteiger partial charge < -0.3 is 10.1 Å². The Kier molecular flexibility index (Phi) is 4.23. The van der Waals surface area contributed by atoms with Crippen molar-refractivity contribution < 1.29 is 4.74 Å². The fourth-order valence-electron chi connectivity index (χ4n) is 1.03. The minimum Gasteiger partial charge on any atom is -0.495 e. The first-order valence-corrected chi connectivity index (χ1v) is 5.00. The number of rotatable bonds is 5. The van der Waals surface area contributed by atoms with E-state index in [1.54, 1.807) is 13.3 Å². The highest BCUT2D eigenvalue weighted by Crippen LogP contribution is 2.11. The number of aromatic nitrogens is 1. The summed E-state index contributed by atoms with van der Waals surface area (Å²) < 4.78 is 5.03. The molecule has 0 bridgehead atoms. The Hall–Kier alpha value is -1.25. The van der Waals surface area contributed by atoms with E-state index in [-0.39, 0.29) is 0 Å². The third-order valence-electron chi connectivity index (χ3n) is 2.30. The van der Waals surface area contributed by atoms with Crippen LogP contribution in [0, 0.1) is 5.92 Å². The van der Waals surface area contributed by atoms with Crippen LogP contribution in [0.4, 0.5) is 5.82 Å². The van der Waals surface area contributed by atoms with Gasteiger partial charge in [-0.25, -0.2) is 4.98 Å². The van der Waals surface area contributed by atoms with E-state index in [0.29, 0.717) is 5.92 Å². The number of ether oxygens (including phenoxy) is 1. The zero-order chi connectivity index (χ0) is 10.4. The lowest BCUT2D eigenvalue weighted by molar-refractivity contribution is 0.413. The van der Waals surface area contributed by atoms with E-state index in [4.69, 9.17) is 4.74 Å². The van der Waals surface area contributed by atoms with Crippen LogP contribution in [-0.2, 0) is 0 Å². The maximum atomic E-state index is 5.03. The molecule has 1 aromatic heterocycles. The Balaban J connectivity index is 2.43. The second kappa shape index (κ2) is 5.47. The van der Waals surface area contributed by atoms with Gasteiger partial charge in [-0.2, -0.15) is 0 Å². The van der Waals surface area contributed by atoms with Crippen molar-refractivity contribution in [3.8, 4) is 5.75 Å². The first kappa shape index (κ1) is 10.8. The molecule has 1 N–H and O–H groups in total. The van der Waals surface area contributed by atoms with E-state index >= 15 is 0 Å². The normalized spacial score (nSPS) is 12.2. The van der Waals surface area contributed by atoms with Gasteiger partial charge in [-0.15, -0.1) is 0 Å². The molecule has 3 nitrogen and oxygen atoms in total. The molecule has 0 saturated heterocycles. The van der Waals surface area contributed by atoms with Gasteiger partial charge in [0.2, 0.25) is 0 Å². The summed E-state index contributed by atoms with van der Waals surface area (Å²) in [6.07, 6.45) is 2.90. The Labute approximate surface area is 85.5 Å².